The third kappa shape index (κ3) is 3.72. The SMILES string of the molecule is COc1ccccc1C(NC(=O)c1ccn(C(F)F)n1)c1ccccc1. The highest BCUT2D eigenvalue weighted by atomic mass is 19.3. The summed E-state index contributed by atoms with van der Waals surface area (Å²) in [5.74, 6) is 0.0592. The third-order valence-electron chi connectivity index (χ3n) is 3.90. The molecule has 1 N–H and O–H groups in total. The fraction of sp³-hybridized carbons (Fsp3) is 0.158. The molecule has 2 aromatic carbocycles. The molecule has 3 rings (SSSR count). The van der Waals surface area contributed by atoms with E-state index in [-0.39, 0.29) is 5.69 Å². The zero-order valence-electron chi connectivity index (χ0n) is 14.0. The van der Waals surface area contributed by atoms with Crippen LogP contribution in [-0.2, 0) is 0 Å². The summed E-state index contributed by atoms with van der Waals surface area (Å²) >= 11 is 0. The topological polar surface area (TPSA) is 56.1 Å². The Bertz CT molecular complexity index is 881. The van der Waals surface area contributed by atoms with Crippen LogP contribution in [0.15, 0.2) is 66.9 Å². The largest absolute Gasteiger partial charge is 0.496 e. The number of benzene rings is 2. The number of methoxy groups -OCH3 is 1. The number of halogens is 2. The van der Waals surface area contributed by atoms with Gasteiger partial charge in [-0.2, -0.15) is 13.9 Å². The first kappa shape index (κ1) is 17.6. The van der Waals surface area contributed by atoms with Crippen molar-refractivity contribution >= 4 is 5.91 Å². The maximum Gasteiger partial charge on any atom is 0.333 e. The van der Waals surface area contributed by atoms with E-state index in [9.17, 15) is 13.6 Å². The molecule has 5 nitrogen and oxygen atoms in total. The number of nitrogens with one attached hydrogen (secondary N) is 1. The Kier molecular flexibility index (Phi) is 5.26. The van der Waals surface area contributed by atoms with E-state index < -0.39 is 18.5 Å². The Morgan fingerprint density at radius 3 is 2.42 bits per heavy atom. The van der Waals surface area contributed by atoms with Crippen LogP contribution in [0.3, 0.4) is 0 Å². The van der Waals surface area contributed by atoms with Crippen molar-refractivity contribution in [2.24, 2.45) is 0 Å². The number of rotatable bonds is 6. The van der Waals surface area contributed by atoms with Crippen molar-refractivity contribution in [1.82, 2.24) is 15.1 Å². The lowest BCUT2D eigenvalue weighted by atomic mass is 9.97. The third-order valence-corrected chi connectivity index (χ3v) is 3.90. The molecule has 1 amide bonds. The molecule has 3 aromatic rings. The molecule has 1 unspecified atom stereocenters. The fourth-order valence-corrected chi connectivity index (χ4v) is 2.66. The number of alkyl halides is 2. The van der Waals surface area contributed by atoms with Crippen LogP contribution in [0.5, 0.6) is 5.75 Å². The summed E-state index contributed by atoms with van der Waals surface area (Å²) in [6.45, 7) is -2.80. The lowest BCUT2D eigenvalue weighted by Gasteiger charge is -2.21. The number of amides is 1. The maximum atomic E-state index is 12.7. The normalized spacial score (nSPS) is 12.0. The highest BCUT2D eigenvalue weighted by Gasteiger charge is 2.22. The summed E-state index contributed by atoms with van der Waals surface area (Å²) in [6, 6.07) is 17.4. The molecule has 26 heavy (non-hydrogen) atoms. The van der Waals surface area contributed by atoms with Gasteiger partial charge in [0.2, 0.25) is 0 Å². The number of hydrogen-bond acceptors (Lipinski definition) is 3. The van der Waals surface area contributed by atoms with E-state index in [1.807, 2.05) is 48.5 Å². The fourth-order valence-electron chi connectivity index (χ4n) is 2.66. The van der Waals surface area contributed by atoms with E-state index in [0.717, 1.165) is 17.3 Å². The van der Waals surface area contributed by atoms with E-state index in [1.165, 1.54) is 6.07 Å². The summed E-state index contributed by atoms with van der Waals surface area (Å²) < 4.78 is 31.2. The van der Waals surface area contributed by atoms with Gasteiger partial charge >= 0.3 is 6.55 Å². The lowest BCUT2D eigenvalue weighted by molar-refractivity contribution is 0.0559. The van der Waals surface area contributed by atoms with E-state index in [0.29, 0.717) is 10.4 Å². The average molecular weight is 357 g/mol. The molecule has 0 saturated heterocycles. The molecule has 0 bridgehead atoms. The molecule has 0 radical (unpaired) electrons. The summed E-state index contributed by atoms with van der Waals surface area (Å²) in [7, 11) is 1.55. The predicted octanol–water partition coefficient (Wildman–Crippen LogP) is 3.81. The second-order valence-corrected chi connectivity index (χ2v) is 5.52. The Morgan fingerprint density at radius 2 is 1.77 bits per heavy atom. The molecule has 0 saturated carbocycles. The first-order chi connectivity index (χ1) is 12.6. The van der Waals surface area contributed by atoms with Crippen molar-refractivity contribution < 1.29 is 18.3 Å². The van der Waals surface area contributed by atoms with Gasteiger partial charge in [0.15, 0.2) is 0 Å². The Morgan fingerprint density at radius 1 is 1.08 bits per heavy atom. The summed E-state index contributed by atoms with van der Waals surface area (Å²) in [5, 5.41) is 6.47. The highest BCUT2D eigenvalue weighted by molar-refractivity contribution is 5.92. The summed E-state index contributed by atoms with van der Waals surface area (Å²) in [6.07, 6.45) is 1.07. The molecular formula is C19H17F2N3O2. The maximum absolute atomic E-state index is 12.7. The molecule has 134 valence electrons. The minimum absolute atomic E-state index is 0.0823. The van der Waals surface area contributed by atoms with E-state index in [1.54, 1.807) is 13.2 Å². The Balaban J connectivity index is 1.94. The second-order valence-electron chi connectivity index (χ2n) is 5.52. The van der Waals surface area contributed by atoms with Gasteiger partial charge in [0.25, 0.3) is 5.91 Å². The molecule has 0 aliphatic rings. The zero-order valence-corrected chi connectivity index (χ0v) is 14.0. The number of carbonyl (C=O) groups excluding carboxylic acids is 1. The Labute approximate surface area is 149 Å². The summed E-state index contributed by atoms with van der Waals surface area (Å²) in [5.41, 5.74) is 1.50. The molecule has 0 spiro atoms. The van der Waals surface area contributed by atoms with Crippen molar-refractivity contribution in [3.05, 3.63) is 83.7 Å². The number of para-hydroxylation sites is 1. The smallest absolute Gasteiger partial charge is 0.333 e. The van der Waals surface area contributed by atoms with Crippen LogP contribution in [0.1, 0.15) is 34.2 Å². The van der Waals surface area contributed by atoms with Gasteiger partial charge in [0.05, 0.1) is 13.2 Å². The summed E-state index contributed by atoms with van der Waals surface area (Å²) in [4.78, 5) is 12.6. The van der Waals surface area contributed by atoms with Crippen molar-refractivity contribution in [3.63, 3.8) is 0 Å². The van der Waals surface area contributed by atoms with Gasteiger partial charge in [-0.05, 0) is 17.7 Å². The van der Waals surface area contributed by atoms with Crippen molar-refractivity contribution in [3.8, 4) is 5.75 Å². The van der Waals surface area contributed by atoms with Crippen molar-refractivity contribution in [2.45, 2.75) is 12.6 Å². The van der Waals surface area contributed by atoms with Crippen LogP contribution >= 0.6 is 0 Å². The molecular weight excluding hydrogens is 340 g/mol. The molecule has 0 aliphatic heterocycles. The predicted molar refractivity (Wildman–Crippen MR) is 92.2 cm³/mol. The van der Waals surface area contributed by atoms with Gasteiger partial charge in [-0.1, -0.05) is 48.5 Å². The van der Waals surface area contributed by atoms with Crippen LogP contribution in [0.25, 0.3) is 0 Å². The monoisotopic (exact) mass is 357 g/mol. The van der Waals surface area contributed by atoms with E-state index in [4.69, 9.17) is 4.74 Å². The minimum Gasteiger partial charge on any atom is -0.496 e. The standard InChI is InChI=1S/C19H17F2N3O2/c1-26-16-10-6-5-9-14(16)17(13-7-3-2-4-8-13)22-18(25)15-11-12-24(23-15)19(20)21/h2-12,17,19H,1H3,(H,22,25). The van der Waals surface area contributed by atoms with Crippen LogP contribution in [0.4, 0.5) is 8.78 Å². The van der Waals surface area contributed by atoms with E-state index in [2.05, 4.69) is 10.4 Å². The van der Waals surface area contributed by atoms with Gasteiger partial charge in [-0.15, -0.1) is 0 Å². The molecule has 7 heteroatoms. The zero-order chi connectivity index (χ0) is 18.5. The van der Waals surface area contributed by atoms with Gasteiger partial charge in [0.1, 0.15) is 11.4 Å². The van der Waals surface area contributed by atoms with E-state index >= 15 is 0 Å². The quantitative estimate of drug-likeness (QED) is 0.730. The first-order valence-electron chi connectivity index (χ1n) is 7.92. The molecule has 0 fully saturated rings. The van der Waals surface area contributed by atoms with Crippen molar-refractivity contribution in [2.75, 3.05) is 7.11 Å². The minimum atomic E-state index is -2.80. The van der Waals surface area contributed by atoms with Crippen LogP contribution in [0, 0.1) is 0 Å². The first-order valence-corrected chi connectivity index (χ1v) is 7.92. The van der Waals surface area contributed by atoms with Gasteiger partial charge < -0.3 is 10.1 Å². The van der Waals surface area contributed by atoms with Crippen LogP contribution in [-0.4, -0.2) is 22.8 Å². The molecule has 1 heterocycles. The Hall–Kier alpha value is -3.22. The average Bonchev–Trinajstić information content (AvgIpc) is 3.17. The highest BCUT2D eigenvalue weighted by Crippen LogP contribution is 2.30. The number of ether oxygens (including phenoxy) is 1. The lowest BCUT2D eigenvalue weighted by Crippen LogP contribution is -2.30. The number of nitrogens with zero attached hydrogens (tertiary/aromatic N) is 2. The van der Waals surface area contributed by atoms with Crippen LogP contribution in [0.2, 0.25) is 0 Å². The van der Waals surface area contributed by atoms with Crippen LogP contribution < -0.4 is 10.1 Å². The van der Waals surface area contributed by atoms with Gasteiger partial charge in [0, 0.05) is 11.8 Å². The van der Waals surface area contributed by atoms with Gasteiger partial charge in [-0.3, -0.25) is 4.79 Å². The van der Waals surface area contributed by atoms with Gasteiger partial charge in [-0.25, -0.2) is 4.68 Å². The number of aromatic nitrogens is 2. The number of hydrogen-bond donors (Lipinski definition) is 1. The molecule has 1 aromatic heterocycles. The van der Waals surface area contributed by atoms with Crippen molar-refractivity contribution in [1.29, 1.82) is 0 Å². The molecule has 1 atom stereocenters. The molecule has 0 aliphatic carbocycles. The number of carbonyl (C=O) groups is 1. The second kappa shape index (κ2) is 7.77.